The van der Waals surface area contributed by atoms with Crippen LogP contribution in [0.1, 0.15) is 77.6 Å². The van der Waals surface area contributed by atoms with Gasteiger partial charge in [0.15, 0.2) is 0 Å². The molecule has 0 radical (unpaired) electrons. The van der Waals surface area contributed by atoms with E-state index in [1.807, 2.05) is 0 Å². The van der Waals surface area contributed by atoms with Crippen LogP contribution in [0.2, 0.25) is 0 Å². The van der Waals surface area contributed by atoms with E-state index in [-0.39, 0.29) is 6.61 Å². The summed E-state index contributed by atoms with van der Waals surface area (Å²) in [6.07, 6.45) is 13.7. The Morgan fingerprint density at radius 3 is 1.67 bits per heavy atom. The molecule has 0 saturated heterocycles. The quantitative estimate of drug-likeness (QED) is 0.359. The fraction of sp³-hybridized carbons (Fsp3) is 1.00. The Labute approximate surface area is 117 Å². The summed E-state index contributed by atoms with van der Waals surface area (Å²) >= 11 is 4.14. The van der Waals surface area contributed by atoms with Crippen molar-refractivity contribution >= 4 is 18.6 Å². The standard InChI is InChI=1S/C13H28FO2PS/c1-2-3-4-5-6-7-8-9-10-11-12-13-16-17(14,15)18/h2-13H2,1H3,(H,15,18). The average molecular weight is 298 g/mol. The van der Waals surface area contributed by atoms with Gasteiger partial charge in [-0.1, -0.05) is 71.1 Å². The number of hydrogen-bond donors (Lipinski definition) is 1. The second kappa shape index (κ2) is 12.5. The van der Waals surface area contributed by atoms with Crippen LogP contribution in [0, 0.1) is 0 Å². The molecule has 0 spiro atoms. The van der Waals surface area contributed by atoms with Crippen LogP contribution < -0.4 is 0 Å². The van der Waals surface area contributed by atoms with Crippen molar-refractivity contribution in [2.45, 2.75) is 77.6 Å². The molecule has 0 bridgehead atoms. The van der Waals surface area contributed by atoms with Crippen LogP contribution in [-0.2, 0) is 16.3 Å². The molecule has 0 aliphatic carbocycles. The molecule has 1 N–H and O–H groups in total. The smallest absolute Gasteiger partial charge is 0.321 e. The average Bonchev–Trinajstić information content (AvgIpc) is 2.29. The summed E-state index contributed by atoms with van der Waals surface area (Å²) in [4.78, 5) is 8.62. The van der Waals surface area contributed by atoms with E-state index in [0.717, 1.165) is 12.8 Å². The van der Waals surface area contributed by atoms with Gasteiger partial charge in [-0.3, -0.25) is 0 Å². The number of hydrogen-bond acceptors (Lipinski definition) is 2. The molecular weight excluding hydrogens is 270 g/mol. The maximum atomic E-state index is 12.5. The van der Waals surface area contributed by atoms with Crippen molar-refractivity contribution in [3.8, 4) is 0 Å². The first-order valence-electron chi connectivity index (χ1n) is 7.23. The van der Waals surface area contributed by atoms with E-state index in [4.69, 9.17) is 4.89 Å². The van der Waals surface area contributed by atoms with E-state index in [9.17, 15) is 4.20 Å². The normalized spacial score (nSPS) is 14.6. The first-order valence-corrected chi connectivity index (χ1v) is 9.79. The first kappa shape index (κ1) is 18.5. The number of rotatable bonds is 13. The van der Waals surface area contributed by atoms with Crippen molar-refractivity contribution in [2.75, 3.05) is 6.61 Å². The fourth-order valence-electron chi connectivity index (χ4n) is 1.94. The summed E-state index contributed by atoms with van der Waals surface area (Å²) in [5, 5.41) is 0. The molecule has 0 aliphatic rings. The van der Waals surface area contributed by atoms with Crippen molar-refractivity contribution in [1.82, 2.24) is 0 Å². The van der Waals surface area contributed by atoms with Gasteiger partial charge in [-0.05, 0) is 18.2 Å². The minimum absolute atomic E-state index is 0.251. The van der Waals surface area contributed by atoms with E-state index >= 15 is 0 Å². The Bertz CT molecular complexity index is 221. The molecule has 0 fully saturated rings. The summed E-state index contributed by atoms with van der Waals surface area (Å²) in [6, 6.07) is 0. The molecule has 2 nitrogen and oxygen atoms in total. The lowest BCUT2D eigenvalue weighted by Crippen LogP contribution is -1.90. The minimum Gasteiger partial charge on any atom is -0.321 e. The molecule has 0 aromatic rings. The van der Waals surface area contributed by atoms with Crippen LogP contribution in [-0.4, -0.2) is 11.5 Å². The number of halogens is 1. The lowest BCUT2D eigenvalue weighted by atomic mass is 10.1. The highest BCUT2D eigenvalue weighted by molar-refractivity contribution is 8.06. The van der Waals surface area contributed by atoms with Crippen molar-refractivity contribution in [2.24, 2.45) is 0 Å². The van der Waals surface area contributed by atoms with Crippen LogP contribution in [0.25, 0.3) is 0 Å². The summed E-state index contributed by atoms with van der Waals surface area (Å²) < 4.78 is 17.0. The first-order chi connectivity index (χ1) is 8.56. The predicted molar refractivity (Wildman–Crippen MR) is 80.0 cm³/mol. The zero-order valence-electron chi connectivity index (χ0n) is 11.6. The molecule has 0 aromatic heterocycles. The number of unbranched alkanes of at least 4 members (excludes halogenated alkanes) is 10. The molecule has 5 heteroatoms. The van der Waals surface area contributed by atoms with Gasteiger partial charge in [0.25, 0.3) is 0 Å². The van der Waals surface area contributed by atoms with E-state index in [0.29, 0.717) is 0 Å². The monoisotopic (exact) mass is 298 g/mol. The molecule has 0 amide bonds. The lowest BCUT2D eigenvalue weighted by Gasteiger charge is -2.06. The fourth-order valence-corrected chi connectivity index (χ4v) is 2.52. The highest BCUT2D eigenvalue weighted by atomic mass is 32.5. The lowest BCUT2D eigenvalue weighted by molar-refractivity contribution is 0.271. The predicted octanol–water partition coefficient (Wildman–Crippen LogP) is 5.50. The Hall–Kier alpha value is 0.500. The molecule has 1 atom stereocenters. The van der Waals surface area contributed by atoms with E-state index in [2.05, 4.69) is 23.3 Å². The van der Waals surface area contributed by atoms with Crippen LogP contribution in [0.15, 0.2) is 0 Å². The van der Waals surface area contributed by atoms with Gasteiger partial charge >= 0.3 is 6.80 Å². The van der Waals surface area contributed by atoms with Crippen LogP contribution >= 0.6 is 6.80 Å². The van der Waals surface area contributed by atoms with Gasteiger partial charge < -0.3 is 9.42 Å². The summed E-state index contributed by atoms with van der Waals surface area (Å²) in [5.74, 6) is 0. The van der Waals surface area contributed by atoms with Crippen LogP contribution in [0.4, 0.5) is 4.20 Å². The Morgan fingerprint density at radius 2 is 1.28 bits per heavy atom. The molecule has 0 saturated carbocycles. The van der Waals surface area contributed by atoms with Gasteiger partial charge in [0, 0.05) is 0 Å². The van der Waals surface area contributed by atoms with Crippen molar-refractivity contribution in [1.29, 1.82) is 0 Å². The third kappa shape index (κ3) is 16.5. The summed E-state index contributed by atoms with van der Waals surface area (Å²) in [6.45, 7) is -1.42. The Morgan fingerprint density at radius 1 is 0.889 bits per heavy atom. The van der Waals surface area contributed by atoms with E-state index < -0.39 is 6.80 Å². The zero-order valence-corrected chi connectivity index (χ0v) is 13.3. The zero-order chi connectivity index (χ0) is 13.7. The SMILES string of the molecule is CCCCCCCCCCCCCOP(O)(F)=S. The van der Waals surface area contributed by atoms with Gasteiger partial charge in [-0.25, -0.2) is 0 Å². The third-order valence-electron chi connectivity index (χ3n) is 3.00. The van der Waals surface area contributed by atoms with Gasteiger partial charge in [0.1, 0.15) is 0 Å². The van der Waals surface area contributed by atoms with Gasteiger partial charge in [-0.2, -0.15) is 4.20 Å². The second-order valence-electron chi connectivity index (χ2n) is 4.82. The molecule has 0 aliphatic heterocycles. The summed E-state index contributed by atoms with van der Waals surface area (Å²) in [7, 11) is 0. The molecule has 0 aromatic carbocycles. The Balaban J connectivity index is 3.01. The van der Waals surface area contributed by atoms with Gasteiger partial charge in [-0.15, -0.1) is 0 Å². The van der Waals surface area contributed by atoms with Crippen LogP contribution in [0.5, 0.6) is 0 Å². The van der Waals surface area contributed by atoms with Crippen molar-refractivity contribution in [3.63, 3.8) is 0 Å². The third-order valence-corrected chi connectivity index (χ3v) is 3.82. The molecule has 18 heavy (non-hydrogen) atoms. The maximum Gasteiger partial charge on any atom is 0.363 e. The highest BCUT2D eigenvalue weighted by Crippen LogP contribution is 2.43. The van der Waals surface area contributed by atoms with Crippen molar-refractivity contribution in [3.05, 3.63) is 0 Å². The molecular formula is C13H28FO2PS. The van der Waals surface area contributed by atoms with Gasteiger partial charge in [0.2, 0.25) is 0 Å². The topological polar surface area (TPSA) is 29.5 Å². The van der Waals surface area contributed by atoms with Crippen molar-refractivity contribution < 1.29 is 13.6 Å². The van der Waals surface area contributed by atoms with Gasteiger partial charge in [0.05, 0.1) is 6.61 Å². The largest absolute Gasteiger partial charge is 0.363 e. The highest BCUT2D eigenvalue weighted by Gasteiger charge is 2.09. The minimum atomic E-state index is -3.91. The molecule has 1 unspecified atom stereocenters. The van der Waals surface area contributed by atoms with Crippen LogP contribution in [0.3, 0.4) is 0 Å². The summed E-state index contributed by atoms with van der Waals surface area (Å²) in [5.41, 5.74) is 0. The van der Waals surface area contributed by atoms with E-state index in [1.54, 1.807) is 0 Å². The Kier molecular flexibility index (Phi) is 12.9. The second-order valence-corrected chi connectivity index (χ2v) is 7.33. The maximum absolute atomic E-state index is 12.5. The molecule has 0 heterocycles. The van der Waals surface area contributed by atoms with E-state index in [1.165, 1.54) is 57.8 Å². The molecule has 110 valence electrons. The molecule has 0 rings (SSSR count).